The molecular weight excluding hydrogens is 444 g/mol. The number of alkyl carbamates (subject to hydrolysis) is 1. The summed E-state index contributed by atoms with van der Waals surface area (Å²) in [5.41, 5.74) is 2.24. The lowest BCUT2D eigenvalue weighted by Gasteiger charge is -2.40. The van der Waals surface area contributed by atoms with Crippen LogP contribution in [0.5, 0.6) is 0 Å². The van der Waals surface area contributed by atoms with Crippen LogP contribution < -0.4 is 5.32 Å². The van der Waals surface area contributed by atoms with Crippen molar-refractivity contribution in [2.24, 2.45) is 0 Å². The summed E-state index contributed by atoms with van der Waals surface area (Å²) < 4.78 is 5.73. The van der Waals surface area contributed by atoms with Gasteiger partial charge in [0.15, 0.2) is 0 Å². The molecule has 1 heterocycles. The normalized spacial score (nSPS) is 22.5. The molecule has 2 aromatic rings. The Morgan fingerprint density at radius 1 is 0.971 bits per heavy atom. The molecule has 5 rings (SSSR count). The summed E-state index contributed by atoms with van der Waals surface area (Å²) in [6, 6.07) is 16.3. The summed E-state index contributed by atoms with van der Waals surface area (Å²) in [4.78, 5) is 40.5. The van der Waals surface area contributed by atoms with Crippen LogP contribution in [0.25, 0.3) is 11.1 Å². The minimum absolute atomic E-state index is 0.0679. The monoisotopic (exact) mass is 476 g/mol. The number of carbonyl (C=O) groups is 3. The Morgan fingerprint density at radius 2 is 1.57 bits per heavy atom. The molecule has 1 unspecified atom stereocenters. The second kappa shape index (κ2) is 9.02. The van der Waals surface area contributed by atoms with Crippen LogP contribution in [0, 0.1) is 0 Å². The van der Waals surface area contributed by atoms with E-state index in [1.165, 1.54) is 4.90 Å². The largest absolute Gasteiger partial charge is 0.479 e. The van der Waals surface area contributed by atoms with E-state index in [-0.39, 0.29) is 18.4 Å². The van der Waals surface area contributed by atoms with Gasteiger partial charge in [-0.15, -0.1) is 0 Å². The highest BCUT2D eigenvalue weighted by molar-refractivity contribution is 5.95. The number of fused-ring (bicyclic) bond motifs is 3. The first-order valence-electron chi connectivity index (χ1n) is 12.6. The summed E-state index contributed by atoms with van der Waals surface area (Å²) in [5.74, 6) is -1.33. The Balaban J connectivity index is 1.32. The molecule has 1 saturated heterocycles. The summed E-state index contributed by atoms with van der Waals surface area (Å²) in [6.07, 6.45) is 3.38. The van der Waals surface area contributed by atoms with Crippen LogP contribution in [0.15, 0.2) is 48.5 Å². The molecule has 0 bridgehead atoms. The average molecular weight is 477 g/mol. The van der Waals surface area contributed by atoms with Crippen molar-refractivity contribution < 1.29 is 24.2 Å². The zero-order valence-electron chi connectivity index (χ0n) is 20.1. The van der Waals surface area contributed by atoms with Crippen LogP contribution in [-0.4, -0.2) is 52.2 Å². The quantitative estimate of drug-likeness (QED) is 0.630. The number of carbonyl (C=O) groups excluding carboxylic acids is 2. The van der Waals surface area contributed by atoms with Crippen molar-refractivity contribution in [1.82, 2.24) is 10.2 Å². The van der Waals surface area contributed by atoms with Crippen molar-refractivity contribution in [3.8, 4) is 11.1 Å². The number of amides is 2. The first-order chi connectivity index (χ1) is 16.9. The molecule has 0 radical (unpaired) electrons. The lowest BCUT2D eigenvalue weighted by Crippen LogP contribution is -2.63. The second-order valence-corrected chi connectivity index (χ2v) is 9.99. The van der Waals surface area contributed by atoms with Gasteiger partial charge in [-0.3, -0.25) is 4.79 Å². The summed E-state index contributed by atoms with van der Waals surface area (Å²) >= 11 is 0. The fourth-order valence-corrected chi connectivity index (χ4v) is 6.37. The standard InChI is InChI=1S/C28H32N2O5/c1-2-28(25(32)33)16-9-17-30(28)24(31)27(14-7-8-15-27)29-26(34)35-18-23-21-12-5-3-10-19(21)20-11-4-6-13-22(20)23/h3-6,10-13,23H,2,7-9,14-18H2,1H3,(H,29,34)(H,32,33). The second-order valence-electron chi connectivity index (χ2n) is 9.99. The van der Waals surface area contributed by atoms with Gasteiger partial charge >= 0.3 is 12.1 Å². The zero-order valence-corrected chi connectivity index (χ0v) is 20.1. The highest BCUT2D eigenvalue weighted by atomic mass is 16.5. The smallest absolute Gasteiger partial charge is 0.408 e. The number of hydrogen-bond acceptors (Lipinski definition) is 4. The highest BCUT2D eigenvalue weighted by Gasteiger charge is 2.55. The lowest BCUT2D eigenvalue weighted by molar-refractivity contribution is -0.159. The number of carboxylic acid groups (broad SMARTS) is 1. The maximum Gasteiger partial charge on any atom is 0.408 e. The number of carboxylic acids is 1. The van der Waals surface area contributed by atoms with Gasteiger partial charge in [-0.25, -0.2) is 9.59 Å². The zero-order chi connectivity index (χ0) is 24.6. The molecule has 184 valence electrons. The molecule has 1 saturated carbocycles. The number of nitrogens with one attached hydrogen (secondary N) is 1. The Morgan fingerprint density at radius 3 is 2.14 bits per heavy atom. The molecular formula is C28H32N2O5. The van der Waals surface area contributed by atoms with Crippen LogP contribution in [0.2, 0.25) is 0 Å². The number of benzene rings is 2. The first-order valence-corrected chi connectivity index (χ1v) is 12.6. The van der Waals surface area contributed by atoms with Gasteiger partial charge in [-0.1, -0.05) is 68.3 Å². The Hall–Kier alpha value is -3.35. The molecule has 0 aromatic heterocycles. The third-order valence-corrected chi connectivity index (χ3v) is 8.27. The van der Waals surface area contributed by atoms with Crippen LogP contribution in [0.3, 0.4) is 0 Å². The molecule has 2 aromatic carbocycles. The molecule has 35 heavy (non-hydrogen) atoms. The molecule has 0 spiro atoms. The van der Waals surface area contributed by atoms with Crippen molar-refractivity contribution in [2.45, 2.75) is 68.9 Å². The molecule has 1 aliphatic heterocycles. The highest BCUT2D eigenvalue weighted by Crippen LogP contribution is 2.45. The Labute approximate surface area is 205 Å². The topological polar surface area (TPSA) is 95.9 Å². The van der Waals surface area contributed by atoms with E-state index >= 15 is 0 Å². The molecule has 2 aliphatic carbocycles. The average Bonchev–Trinajstić information content (AvgIpc) is 3.59. The fraction of sp³-hybridized carbons (Fsp3) is 0.464. The van der Waals surface area contributed by atoms with Gasteiger partial charge in [-0.2, -0.15) is 0 Å². The molecule has 3 aliphatic rings. The van der Waals surface area contributed by atoms with Crippen LogP contribution in [-0.2, 0) is 14.3 Å². The third-order valence-electron chi connectivity index (χ3n) is 8.27. The number of rotatable bonds is 6. The van der Waals surface area contributed by atoms with Crippen molar-refractivity contribution >= 4 is 18.0 Å². The van der Waals surface area contributed by atoms with Gasteiger partial charge < -0.3 is 20.1 Å². The maximum absolute atomic E-state index is 13.8. The predicted octanol–water partition coefficient (Wildman–Crippen LogP) is 4.69. The number of aliphatic carboxylic acids is 1. The van der Waals surface area contributed by atoms with Crippen LogP contribution >= 0.6 is 0 Å². The number of nitrogens with zero attached hydrogens (tertiary/aromatic N) is 1. The van der Waals surface area contributed by atoms with Crippen LogP contribution in [0.4, 0.5) is 4.79 Å². The lowest BCUT2D eigenvalue weighted by atomic mass is 9.89. The summed E-state index contributed by atoms with van der Waals surface area (Å²) in [5, 5.41) is 12.8. The molecule has 1 atom stereocenters. The Bertz CT molecular complexity index is 1110. The SMILES string of the molecule is CCC1(C(=O)O)CCCN1C(=O)C1(NC(=O)OCC2c3ccccc3-c3ccccc32)CCCC1. The van der Waals surface area contributed by atoms with E-state index in [9.17, 15) is 19.5 Å². The fourth-order valence-electron chi connectivity index (χ4n) is 6.37. The van der Waals surface area contributed by atoms with Crippen molar-refractivity contribution in [1.29, 1.82) is 0 Å². The molecule has 7 nitrogen and oxygen atoms in total. The molecule has 2 fully saturated rings. The van der Waals surface area contributed by atoms with Gasteiger partial charge in [0.25, 0.3) is 0 Å². The van der Waals surface area contributed by atoms with Gasteiger partial charge in [0, 0.05) is 12.5 Å². The van der Waals surface area contributed by atoms with E-state index in [0.29, 0.717) is 38.6 Å². The van der Waals surface area contributed by atoms with Gasteiger partial charge in [-0.05, 0) is 54.4 Å². The van der Waals surface area contributed by atoms with Crippen LogP contribution in [0.1, 0.15) is 68.9 Å². The first kappa shape index (κ1) is 23.4. The van der Waals surface area contributed by atoms with Crippen molar-refractivity contribution in [3.05, 3.63) is 59.7 Å². The van der Waals surface area contributed by atoms with E-state index in [2.05, 4.69) is 29.6 Å². The van der Waals surface area contributed by atoms with E-state index in [0.717, 1.165) is 35.1 Å². The maximum atomic E-state index is 13.8. The minimum Gasteiger partial charge on any atom is -0.479 e. The van der Waals surface area contributed by atoms with Crippen molar-refractivity contribution in [3.63, 3.8) is 0 Å². The van der Waals surface area contributed by atoms with E-state index in [1.54, 1.807) is 6.92 Å². The van der Waals surface area contributed by atoms with Gasteiger partial charge in [0.05, 0.1) is 0 Å². The van der Waals surface area contributed by atoms with Gasteiger partial charge in [0.1, 0.15) is 17.7 Å². The summed E-state index contributed by atoms with van der Waals surface area (Å²) in [7, 11) is 0. The van der Waals surface area contributed by atoms with Gasteiger partial charge in [0.2, 0.25) is 5.91 Å². The van der Waals surface area contributed by atoms with E-state index in [4.69, 9.17) is 4.74 Å². The minimum atomic E-state index is -1.20. The third kappa shape index (κ3) is 3.77. The number of hydrogen-bond donors (Lipinski definition) is 2. The Kier molecular flexibility index (Phi) is 6.03. The molecule has 2 N–H and O–H groups in total. The number of ether oxygens (including phenoxy) is 1. The van der Waals surface area contributed by atoms with E-state index in [1.807, 2.05) is 24.3 Å². The predicted molar refractivity (Wildman–Crippen MR) is 131 cm³/mol. The molecule has 2 amide bonds. The van der Waals surface area contributed by atoms with E-state index < -0.39 is 23.1 Å². The summed E-state index contributed by atoms with van der Waals surface area (Å²) in [6.45, 7) is 2.37. The van der Waals surface area contributed by atoms with Crippen molar-refractivity contribution in [2.75, 3.05) is 13.2 Å². The number of likely N-dealkylation sites (tertiary alicyclic amines) is 1. The molecule has 7 heteroatoms.